The van der Waals surface area contributed by atoms with Crippen LogP contribution < -0.4 is 21.3 Å². The number of carbonyl (C=O) groups is 5. The first-order valence-electron chi connectivity index (χ1n) is 12.1. The summed E-state index contributed by atoms with van der Waals surface area (Å²) in [6.45, 7) is 1.37. The van der Waals surface area contributed by atoms with Crippen LogP contribution in [0.5, 0.6) is 0 Å². The van der Waals surface area contributed by atoms with E-state index in [0.29, 0.717) is 64.6 Å². The predicted octanol–water partition coefficient (Wildman–Crippen LogP) is 1.76. The van der Waals surface area contributed by atoms with Crippen molar-refractivity contribution >= 4 is 30.0 Å². The molecule has 0 rings (SSSR count). The first kappa shape index (κ1) is 31.9. The lowest BCUT2D eigenvalue weighted by Gasteiger charge is -2.17. The normalized spacial score (nSPS) is 11.1. The molecule has 0 saturated heterocycles. The number of unbranched alkanes of at least 4 members (excludes halogenated alkanes) is 5. The Bertz CT molecular complexity index is 645. The number of carbonyl (C=O) groups excluding carboxylic acids is 5. The first-order valence-corrected chi connectivity index (χ1v) is 12.1. The van der Waals surface area contributed by atoms with E-state index in [1.807, 2.05) is 0 Å². The predicted molar refractivity (Wildman–Crippen MR) is 129 cm³/mol. The molecular weight excluding hydrogens is 460 g/mol. The third kappa shape index (κ3) is 19.0. The second-order valence-corrected chi connectivity index (χ2v) is 7.93. The van der Waals surface area contributed by atoms with Crippen molar-refractivity contribution in [2.45, 2.75) is 76.7 Å². The first-order chi connectivity index (χ1) is 16.8. The zero-order valence-electron chi connectivity index (χ0n) is 21.2. The maximum absolute atomic E-state index is 12.1. The summed E-state index contributed by atoms with van der Waals surface area (Å²) in [5.41, 5.74) is 0. The van der Waals surface area contributed by atoms with Crippen molar-refractivity contribution in [3.8, 4) is 0 Å². The number of methoxy groups -OCH3 is 3. The summed E-state index contributed by atoms with van der Waals surface area (Å²) in [6, 6.07) is -1.51. The van der Waals surface area contributed by atoms with Gasteiger partial charge in [-0.2, -0.15) is 0 Å². The van der Waals surface area contributed by atoms with Crippen LogP contribution >= 0.6 is 0 Å². The van der Waals surface area contributed by atoms with Crippen LogP contribution in [0, 0.1) is 0 Å². The molecular formula is C23H42N4O8. The molecule has 202 valence electrons. The molecule has 0 aromatic rings. The molecule has 4 amide bonds. The fraction of sp³-hybridized carbons (Fsp3) is 0.783. The van der Waals surface area contributed by atoms with E-state index in [2.05, 4.69) is 30.7 Å². The Morgan fingerprint density at radius 2 is 1.03 bits per heavy atom. The van der Waals surface area contributed by atoms with Crippen LogP contribution in [0.3, 0.4) is 0 Å². The zero-order chi connectivity index (χ0) is 26.3. The monoisotopic (exact) mass is 502 g/mol. The van der Waals surface area contributed by atoms with Gasteiger partial charge in [-0.3, -0.25) is 9.59 Å². The summed E-state index contributed by atoms with van der Waals surface area (Å²) in [5.74, 6) is -1.02. The number of nitrogens with one attached hydrogen (secondary N) is 4. The summed E-state index contributed by atoms with van der Waals surface area (Å²) >= 11 is 0. The van der Waals surface area contributed by atoms with Gasteiger partial charge in [-0.05, 0) is 44.9 Å². The fourth-order valence-corrected chi connectivity index (χ4v) is 3.09. The summed E-state index contributed by atoms with van der Waals surface area (Å²) in [6.07, 6.45) is 6.80. The Morgan fingerprint density at radius 3 is 1.49 bits per heavy atom. The van der Waals surface area contributed by atoms with E-state index in [9.17, 15) is 24.0 Å². The molecule has 35 heavy (non-hydrogen) atoms. The number of hydrogen-bond donors (Lipinski definition) is 4. The van der Waals surface area contributed by atoms with E-state index in [0.717, 1.165) is 25.7 Å². The Balaban J connectivity index is 3.93. The number of amides is 4. The lowest BCUT2D eigenvalue weighted by Crippen LogP contribution is -2.46. The molecule has 0 radical (unpaired) electrons. The van der Waals surface area contributed by atoms with Crippen LogP contribution in [0.15, 0.2) is 0 Å². The Morgan fingerprint density at radius 1 is 0.571 bits per heavy atom. The van der Waals surface area contributed by atoms with Gasteiger partial charge in [0, 0.05) is 32.5 Å². The van der Waals surface area contributed by atoms with Gasteiger partial charge in [0.15, 0.2) is 0 Å². The Kier molecular flexibility index (Phi) is 19.6. The van der Waals surface area contributed by atoms with Gasteiger partial charge >= 0.3 is 30.0 Å². The third-order valence-electron chi connectivity index (χ3n) is 5.14. The summed E-state index contributed by atoms with van der Waals surface area (Å²) in [4.78, 5) is 57.9. The Labute approximate surface area is 207 Å². The largest absolute Gasteiger partial charge is 0.469 e. The minimum absolute atomic E-state index is 0.231. The smallest absolute Gasteiger partial charge is 0.328 e. The van der Waals surface area contributed by atoms with Crippen molar-refractivity contribution in [2.75, 3.05) is 41.0 Å². The highest BCUT2D eigenvalue weighted by molar-refractivity contribution is 5.83. The van der Waals surface area contributed by atoms with Crippen molar-refractivity contribution in [3.05, 3.63) is 0 Å². The van der Waals surface area contributed by atoms with Crippen molar-refractivity contribution in [1.29, 1.82) is 0 Å². The second kappa shape index (κ2) is 21.5. The standard InChI is InChI=1S/C23H42N4O8/c1-33-19(28)13-6-4-9-15-24-22(31)25-17-11-8-12-18(21(30)35-3)27-23(32)26-16-10-5-7-14-20(29)34-2/h18H,4-17H2,1-3H3,(H2,24,25,31)(H2,26,27,32). The number of urea groups is 2. The SMILES string of the molecule is COC(=O)CCCCCNC(=O)NCCCCC(NC(=O)NCCCCCC(=O)OC)C(=O)OC. The quantitative estimate of drug-likeness (QED) is 0.118. The molecule has 1 atom stereocenters. The van der Waals surface area contributed by atoms with Gasteiger partial charge in [-0.1, -0.05) is 12.8 Å². The number of hydrogen-bond acceptors (Lipinski definition) is 8. The number of ether oxygens (including phenoxy) is 3. The molecule has 0 aliphatic rings. The average molecular weight is 503 g/mol. The van der Waals surface area contributed by atoms with Gasteiger partial charge in [0.05, 0.1) is 21.3 Å². The van der Waals surface area contributed by atoms with E-state index >= 15 is 0 Å². The van der Waals surface area contributed by atoms with Crippen molar-refractivity contribution in [2.24, 2.45) is 0 Å². The molecule has 0 heterocycles. The average Bonchev–Trinajstić information content (AvgIpc) is 2.86. The second-order valence-electron chi connectivity index (χ2n) is 7.93. The molecule has 0 aromatic heterocycles. The van der Waals surface area contributed by atoms with Gasteiger partial charge in [-0.25, -0.2) is 14.4 Å². The third-order valence-corrected chi connectivity index (χ3v) is 5.14. The highest BCUT2D eigenvalue weighted by atomic mass is 16.5. The molecule has 12 heteroatoms. The maximum atomic E-state index is 12.1. The maximum Gasteiger partial charge on any atom is 0.328 e. The fourth-order valence-electron chi connectivity index (χ4n) is 3.09. The molecule has 0 aliphatic carbocycles. The summed E-state index contributed by atoms with van der Waals surface area (Å²) < 4.78 is 13.9. The molecule has 0 fully saturated rings. The Hall–Kier alpha value is -3.05. The van der Waals surface area contributed by atoms with Crippen molar-refractivity contribution < 1.29 is 38.2 Å². The van der Waals surface area contributed by atoms with Crippen LogP contribution in [0.1, 0.15) is 70.6 Å². The lowest BCUT2D eigenvalue weighted by molar-refractivity contribution is -0.143. The molecule has 4 N–H and O–H groups in total. The van der Waals surface area contributed by atoms with E-state index in [4.69, 9.17) is 4.74 Å². The topological polar surface area (TPSA) is 161 Å². The minimum atomic E-state index is -0.779. The van der Waals surface area contributed by atoms with Crippen LogP contribution in [0.25, 0.3) is 0 Å². The molecule has 0 bridgehead atoms. The van der Waals surface area contributed by atoms with Crippen molar-refractivity contribution in [1.82, 2.24) is 21.3 Å². The molecule has 0 aliphatic heterocycles. The van der Waals surface area contributed by atoms with Crippen LogP contribution in [0.2, 0.25) is 0 Å². The van der Waals surface area contributed by atoms with Gasteiger partial charge in [-0.15, -0.1) is 0 Å². The number of rotatable bonds is 19. The molecule has 0 aromatic carbocycles. The lowest BCUT2D eigenvalue weighted by atomic mass is 10.1. The van der Waals surface area contributed by atoms with E-state index in [1.54, 1.807) is 0 Å². The minimum Gasteiger partial charge on any atom is -0.469 e. The summed E-state index contributed by atoms with van der Waals surface area (Å²) in [7, 11) is 3.97. The van der Waals surface area contributed by atoms with E-state index in [-0.39, 0.29) is 18.0 Å². The highest BCUT2D eigenvalue weighted by Gasteiger charge is 2.20. The van der Waals surface area contributed by atoms with Gasteiger partial charge in [0.2, 0.25) is 0 Å². The molecule has 1 unspecified atom stereocenters. The molecule has 0 saturated carbocycles. The van der Waals surface area contributed by atoms with E-state index < -0.39 is 18.0 Å². The van der Waals surface area contributed by atoms with Crippen molar-refractivity contribution in [3.63, 3.8) is 0 Å². The highest BCUT2D eigenvalue weighted by Crippen LogP contribution is 2.04. The number of esters is 3. The van der Waals surface area contributed by atoms with Crippen LogP contribution in [-0.2, 0) is 28.6 Å². The van der Waals surface area contributed by atoms with Crippen LogP contribution in [-0.4, -0.2) is 77.0 Å². The van der Waals surface area contributed by atoms with Gasteiger partial charge in [0.25, 0.3) is 0 Å². The summed E-state index contributed by atoms with van der Waals surface area (Å²) in [5, 5.41) is 10.8. The van der Waals surface area contributed by atoms with Gasteiger partial charge in [0.1, 0.15) is 6.04 Å². The van der Waals surface area contributed by atoms with Gasteiger partial charge < -0.3 is 35.5 Å². The van der Waals surface area contributed by atoms with E-state index in [1.165, 1.54) is 21.3 Å². The zero-order valence-corrected chi connectivity index (χ0v) is 21.2. The molecule has 12 nitrogen and oxygen atoms in total. The van der Waals surface area contributed by atoms with Crippen LogP contribution in [0.4, 0.5) is 9.59 Å². The molecule has 0 spiro atoms.